The van der Waals surface area contributed by atoms with Crippen LogP contribution in [0.4, 0.5) is 5.69 Å². The maximum absolute atomic E-state index is 12.0. The molecular formula is C17H17NO3. The van der Waals surface area contributed by atoms with Crippen molar-refractivity contribution in [1.29, 1.82) is 0 Å². The molecule has 0 heterocycles. The van der Waals surface area contributed by atoms with Crippen LogP contribution < -0.4 is 10.1 Å². The monoisotopic (exact) mass is 283 g/mol. The maximum Gasteiger partial charge on any atom is 0.296 e. The average Bonchev–Trinajstić information content (AvgIpc) is 2.49. The van der Waals surface area contributed by atoms with Crippen molar-refractivity contribution < 1.29 is 14.3 Å². The minimum Gasteiger partial charge on any atom is -0.494 e. The highest BCUT2D eigenvalue weighted by atomic mass is 16.5. The van der Waals surface area contributed by atoms with E-state index < -0.39 is 11.7 Å². The first-order chi connectivity index (χ1) is 10.1. The van der Waals surface area contributed by atoms with Crippen molar-refractivity contribution >= 4 is 17.4 Å². The fraction of sp³-hybridized carbons (Fsp3) is 0.176. The van der Waals surface area contributed by atoms with Gasteiger partial charge < -0.3 is 10.1 Å². The van der Waals surface area contributed by atoms with Crippen LogP contribution in [0.1, 0.15) is 22.8 Å². The summed E-state index contributed by atoms with van der Waals surface area (Å²) in [6, 6.07) is 13.8. The zero-order valence-corrected chi connectivity index (χ0v) is 12.1. The van der Waals surface area contributed by atoms with E-state index in [0.717, 1.165) is 11.3 Å². The fourth-order valence-corrected chi connectivity index (χ4v) is 1.83. The van der Waals surface area contributed by atoms with E-state index in [-0.39, 0.29) is 0 Å². The van der Waals surface area contributed by atoms with Crippen LogP contribution in [0.2, 0.25) is 0 Å². The Hall–Kier alpha value is -2.62. The Morgan fingerprint density at radius 1 is 1.00 bits per heavy atom. The predicted molar refractivity (Wildman–Crippen MR) is 81.8 cm³/mol. The van der Waals surface area contributed by atoms with Gasteiger partial charge in [-0.15, -0.1) is 0 Å². The van der Waals surface area contributed by atoms with Crippen LogP contribution in [-0.2, 0) is 4.79 Å². The molecule has 0 unspecified atom stereocenters. The Bertz CT molecular complexity index is 630. The van der Waals surface area contributed by atoms with Crippen LogP contribution in [-0.4, -0.2) is 18.3 Å². The lowest BCUT2D eigenvalue weighted by atomic mass is 10.1. The first-order valence-corrected chi connectivity index (χ1v) is 6.75. The van der Waals surface area contributed by atoms with E-state index in [0.29, 0.717) is 17.9 Å². The van der Waals surface area contributed by atoms with Gasteiger partial charge in [-0.1, -0.05) is 29.8 Å². The van der Waals surface area contributed by atoms with Gasteiger partial charge in [-0.2, -0.15) is 0 Å². The molecule has 0 atom stereocenters. The summed E-state index contributed by atoms with van der Waals surface area (Å²) in [6.45, 7) is 4.40. The normalized spacial score (nSPS) is 10.0. The molecule has 0 spiro atoms. The van der Waals surface area contributed by atoms with E-state index >= 15 is 0 Å². The lowest BCUT2D eigenvalue weighted by Gasteiger charge is -2.06. The molecule has 0 saturated heterocycles. The first-order valence-electron chi connectivity index (χ1n) is 6.75. The van der Waals surface area contributed by atoms with Crippen molar-refractivity contribution in [2.24, 2.45) is 0 Å². The summed E-state index contributed by atoms with van der Waals surface area (Å²) in [5.74, 6) is -0.479. The third-order valence-electron chi connectivity index (χ3n) is 2.94. The smallest absolute Gasteiger partial charge is 0.296 e. The summed E-state index contributed by atoms with van der Waals surface area (Å²) in [5, 5.41) is 2.58. The van der Waals surface area contributed by atoms with Gasteiger partial charge in [-0.25, -0.2) is 0 Å². The molecule has 0 aliphatic rings. The third-order valence-corrected chi connectivity index (χ3v) is 2.94. The Morgan fingerprint density at radius 2 is 1.62 bits per heavy atom. The molecule has 0 radical (unpaired) electrons. The van der Waals surface area contributed by atoms with Crippen LogP contribution in [0.25, 0.3) is 0 Å². The van der Waals surface area contributed by atoms with Crippen LogP contribution in [0.15, 0.2) is 48.5 Å². The quantitative estimate of drug-likeness (QED) is 0.677. The highest BCUT2D eigenvalue weighted by Gasteiger charge is 2.16. The highest BCUT2D eigenvalue weighted by molar-refractivity contribution is 6.46. The van der Waals surface area contributed by atoms with Gasteiger partial charge in [0.15, 0.2) is 0 Å². The molecule has 1 amide bonds. The van der Waals surface area contributed by atoms with Gasteiger partial charge in [0.2, 0.25) is 0 Å². The number of anilines is 1. The third kappa shape index (κ3) is 3.92. The molecule has 0 fully saturated rings. The molecular weight excluding hydrogens is 266 g/mol. The first kappa shape index (κ1) is 14.8. The number of carbonyl (C=O) groups excluding carboxylic acids is 2. The molecule has 0 bridgehead atoms. The van der Waals surface area contributed by atoms with Crippen LogP contribution in [0, 0.1) is 6.92 Å². The summed E-state index contributed by atoms with van der Waals surface area (Å²) in [6.07, 6.45) is 0. The van der Waals surface area contributed by atoms with E-state index in [4.69, 9.17) is 4.74 Å². The Morgan fingerprint density at radius 3 is 2.19 bits per heavy atom. The zero-order chi connectivity index (χ0) is 15.2. The summed E-state index contributed by atoms with van der Waals surface area (Å²) in [5.41, 5.74) is 1.98. The van der Waals surface area contributed by atoms with E-state index in [1.54, 1.807) is 48.5 Å². The summed E-state index contributed by atoms with van der Waals surface area (Å²) >= 11 is 0. The minimum atomic E-state index is -0.650. The Kier molecular flexibility index (Phi) is 4.72. The maximum atomic E-state index is 12.0. The van der Waals surface area contributed by atoms with Crippen molar-refractivity contribution in [3.8, 4) is 5.75 Å². The molecule has 2 aromatic rings. The largest absolute Gasteiger partial charge is 0.494 e. The molecule has 0 aliphatic carbocycles. The lowest BCUT2D eigenvalue weighted by Crippen LogP contribution is -2.22. The second-order valence-corrected chi connectivity index (χ2v) is 4.61. The van der Waals surface area contributed by atoms with Crippen LogP contribution in [0.3, 0.4) is 0 Å². The molecule has 2 aromatic carbocycles. The molecule has 1 N–H and O–H groups in total. The minimum absolute atomic E-state index is 0.379. The molecule has 0 aliphatic heterocycles. The number of rotatable bonds is 5. The molecule has 108 valence electrons. The van der Waals surface area contributed by atoms with Crippen molar-refractivity contribution in [2.75, 3.05) is 11.9 Å². The van der Waals surface area contributed by atoms with Gasteiger partial charge in [0.1, 0.15) is 5.75 Å². The van der Waals surface area contributed by atoms with Crippen molar-refractivity contribution in [3.05, 3.63) is 59.7 Å². The number of ether oxygens (including phenoxy) is 1. The average molecular weight is 283 g/mol. The van der Waals surface area contributed by atoms with Crippen LogP contribution in [0.5, 0.6) is 5.75 Å². The number of hydrogen-bond donors (Lipinski definition) is 1. The fourth-order valence-electron chi connectivity index (χ4n) is 1.83. The number of nitrogens with one attached hydrogen (secondary N) is 1. The van der Waals surface area contributed by atoms with Gasteiger partial charge in [-0.05, 0) is 38.1 Å². The number of hydrogen-bond acceptors (Lipinski definition) is 3. The van der Waals surface area contributed by atoms with Crippen LogP contribution >= 0.6 is 0 Å². The summed E-state index contributed by atoms with van der Waals surface area (Å²) in [7, 11) is 0. The lowest BCUT2D eigenvalue weighted by molar-refractivity contribution is -0.112. The summed E-state index contributed by atoms with van der Waals surface area (Å²) in [4.78, 5) is 23.9. The number of carbonyl (C=O) groups is 2. The molecule has 2 rings (SSSR count). The van der Waals surface area contributed by atoms with Crippen molar-refractivity contribution in [1.82, 2.24) is 0 Å². The molecule has 21 heavy (non-hydrogen) atoms. The molecule has 0 aromatic heterocycles. The van der Waals surface area contributed by atoms with Crippen molar-refractivity contribution in [2.45, 2.75) is 13.8 Å². The predicted octanol–water partition coefficient (Wildman–Crippen LogP) is 3.22. The SMILES string of the molecule is CCOc1ccc(NC(=O)C(=O)c2ccc(C)cc2)cc1. The van der Waals surface area contributed by atoms with E-state index in [1.807, 2.05) is 13.8 Å². The van der Waals surface area contributed by atoms with E-state index in [9.17, 15) is 9.59 Å². The van der Waals surface area contributed by atoms with E-state index in [2.05, 4.69) is 5.32 Å². The van der Waals surface area contributed by atoms with Gasteiger partial charge in [-0.3, -0.25) is 9.59 Å². The van der Waals surface area contributed by atoms with Crippen molar-refractivity contribution in [3.63, 3.8) is 0 Å². The Balaban J connectivity index is 2.03. The molecule has 4 heteroatoms. The number of aryl methyl sites for hydroxylation is 1. The van der Waals surface area contributed by atoms with E-state index in [1.165, 1.54) is 0 Å². The number of Topliss-reactive ketones (excluding diaryl/α,β-unsaturated/α-hetero) is 1. The number of benzene rings is 2. The standard InChI is InChI=1S/C17H17NO3/c1-3-21-15-10-8-14(9-11-15)18-17(20)16(19)13-6-4-12(2)5-7-13/h4-11H,3H2,1-2H3,(H,18,20). The molecule has 4 nitrogen and oxygen atoms in total. The second-order valence-electron chi connectivity index (χ2n) is 4.61. The van der Waals surface area contributed by atoms with Gasteiger partial charge in [0.25, 0.3) is 11.7 Å². The highest BCUT2D eigenvalue weighted by Crippen LogP contribution is 2.16. The van der Waals surface area contributed by atoms with Gasteiger partial charge in [0.05, 0.1) is 6.61 Å². The Labute approximate surface area is 123 Å². The topological polar surface area (TPSA) is 55.4 Å². The number of ketones is 1. The van der Waals surface area contributed by atoms with Gasteiger partial charge in [0, 0.05) is 11.3 Å². The number of amides is 1. The molecule has 0 saturated carbocycles. The summed E-state index contributed by atoms with van der Waals surface area (Å²) < 4.78 is 5.31. The zero-order valence-electron chi connectivity index (χ0n) is 12.1. The second kappa shape index (κ2) is 6.70. The van der Waals surface area contributed by atoms with Gasteiger partial charge >= 0.3 is 0 Å².